The Kier molecular flexibility index (Phi) is 3.85. The molecule has 1 amide bonds. The van der Waals surface area contributed by atoms with E-state index < -0.39 is 17.9 Å². The molecule has 1 aromatic heterocycles. The molecule has 0 aromatic carbocycles. The Labute approximate surface area is 103 Å². The van der Waals surface area contributed by atoms with Crippen LogP contribution in [-0.4, -0.2) is 55.1 Å². The van der Waals surface area contributed by atoms with E-state index in [4.69, 9.17) is 0 Å². The van der Waals surface area contributed by atoms with Gasteiger partial charge in [-0.15, -0.1) is 10.2 Å². The number of H-pyrrole nitrogens is 1. The highest BCUT2D eigenvalue weighted by Gasteiger charge is 2.32. The van der Waals surface area contributed by atoms with E-state index >= 15 is 0 Å². The number of amides is 1. The van der Waals surface area contributed by atoms with E-state index in [2.05, 4.69) is 20.6 Å². The molecule has 2 heterocycles. The number of carbonyl (C=O) groups excluding carboxylic acids is 1. The molecule has 8 heteroatoms. The predicted molar refractivity (Wildman–Crippen MR) is 59.7 cm³/mol. The first kappa shape index (κ1) is 12.5. The standard InChI is InChI=1S/C10H15N5O3/c16-9(8-11-13-14-12-8)15-6-4-2-1-3-5-7(15)10(17)18/h7H,1-6H2,(H,17,18)(H,11,12,13,14). The van der Waals surface area contributed by atoms with E-state index in [9.17, 15) is 14.7 Å². The molecule has 98 valence electrons. The summed E-state index contributed by atoms with van der Waals surface area (Å²) < 4.78 is 0. The SMILES string of the molecule is O=C(O)C1CCCCCCN1C(=O)c1nn[nH]n1. The molecule has 0 saturated carbocycles. The number of carboxylic acids is 1. The van der Waals surface area contributed by atoms with Crippen molar-refractivity contribution in [2.24, 2.45) is 0 Å². The van der Waals surface area contributed by atoms with Crippen LogP contribution in [0.3, 0.4) is 0 Å². The van der Waals surface area contributed by atoms with Gasteiger partial charge in [0.05, 0.1) is 0 Å². The highest BCUT2D eigenvalue weighted by Crippen LogP contribution is 2.18. The van der Waals surface area contributed by atoms with Crippen molar-refractivity contribution >= 4 is 11.9 Å². The molecule has 18 heavy (non-hydrogen) atoms. The summed E-state index contributed by atoms with van der Waals surface area (Å²) in [5.41, 5.74) is 0. The molecule has 0 spiro atoms. The van der Waals surface area contributed by atoms with E-state index in [0.29, 0.717) is 13.0 Å². The van der Waals surface area contributed by atoms with E-state index in [1.165, 1.54) is 4.90 Å². The maximum Gasteiger partial charge on any atom is 0.326 e. The first-order valence-electron chi connectivity index (χ1n) is 5.97. The van der Waals surface area contributed by atoms with Crippen LogP contribution in [0.2, 0.25) is 0 Å². The molecule has 2 N–H and O–H groups in total. The van der Waals surface area contributed by atoms with Gasteiger partial charge < -0.3 is 10.0 Å². The Hall–Kier alpha value is -1.99. The lowest BCUT2D eigenvalue weighted by atomic mass is 10.0. The average molecular weight is 253 g/mol. The first-order chi connectivity index (χ1) is 8.70. The first-order valence-corrected chi connectivity index (χ1v) is 5.97. The Morgan fingerprint density at radius 3 is 2.72 bits per heavy atom. The van der Waals surface area contributed by atoms with Crippen molar-refractivity contribution in [3.05, 3.63) is 5.82 Å². The second-order valence-corrected chi connectivity index (χ2v) is 4.29. The number of likely N-dealkylation sites (tertiary alicyclic amines) is 1. The lowest BCUT2D eigenvalue weighted by molar-refractivity contribution is -0.142. The van der Waals surface area contributed by atoms with E-state index in [-0.39, 0.29) is 5.82 Å². The molecule has 1 atom stereocenters. The van der Waals surface area contributed by atoms with Crippen LogP contribution in [0.1, 0.15) is 42.7 Å². The molecule has 0 bridgehead atoms. The van der Waals surface area contributed by atoms with Crippen molar-refractivity contribution in [3.8, 4) is 0 Å². The lowest BCUT2D eigenvalue weighted by Crippen LogP contribution is -2.46. The van der Waals surface area contributed by atoms with Crippen LogP contribution < -0.4 is 0 Å². The molecular formula is C10H15N5O3. The topological polar surface area (TPSA) is 112 Å². The third-order valence-electron chi connectivity index (χ3n) is 3.09. The summed E-state index contributed by atoms with van der Waals surface area (Å²) in [6.45, 7) is 0.421. The molecule has 1 unspecified atom stereocenters. The zero-order valence-corrected chi connectivity index (χ0v) is 9.87. The summed E-state index contributed by atoms with van der Waals surface area (Å²) >= 11 is 0. The minimum atomic E-state index is -0.978. The number of nitrogens with zero attached hydrogens (tertiary/aromatic N) is 4. The number of rotatable bonds is 2. The smallest absolute Gasteiger partial charge is 0.326 e. The number of nitrogens with one attached hydrogen (secondary N) is 1. The number of carboxylic acid groups (broad SMARTS) is 1. The fourth-order valence-corrected chi connectivity index (χ4v) is 2.17. The molecule has 8 nitrogen and oxygen atoms in total. The van der Waals surface area contributed by atoms with Crippen LogP contribution >= 0.6 is 0 Å². The normalized spacial score (nSPS) is 21.1. The van der Waals surface area contributed by atoms with E-state index in [0.717, 1.165) is 25.7 Å². The Bertz CT molecular complexity index is 419. The fourth-order valence-electron chi connectivity index (χ4n) is 2.17. The van der Waals surface area contributed by atoms with Gasteiger partial charge in [0.2, 0.25) is 0 Å². The van der Waals surface area contributed by atoms with Gasteiger partial charge in [-0.1, -0.05) is 19.3 Å². The predicted octanol–water partition coefficient (Wildman–Crippen LogP) is 0.0592. The maximum absolute atomic E-state index is 12.1. The number of aromatic nitrogens is 4. The van der Waals surface area contributed by atoms with Crippen molar-refractivity contribution in [2.75, 3.05) is 6.54 Å². The Morgan fingerprint density at radius 2 is 2.06 bits per heavy atom. The molecule has 0 radical (unpaired) electrons. The zero-order valence-electron chi connectivity index (χ0n) is 9.87. The summed E-state index contributed by atoms with van der Waals surface area (Å²) in [5, 5.41) is 21.9. The van der Waals surface area contributed by atoms with Gasteiger partial charge in [0.15, 0.2) is 0 Å². The monoisotopic (exact) mass is 253 g/mol. The summed E-state index contributed by atoms with van der Waals surface area (Å²) in [5.74, 6) is -1.53. The van der Waals surface area contributed by atoms with Crippen LogP contribution in [0.5, 0.6) is 0 Å². The fraction of sp³-hybridized carbons (Fsp3) is 0.700. The molecule has 1 aliphatic rings. The average Bonchev–Trinajstić information content (AvgIpc) is 2.80. The summed E-state index contributed by atoms with van der Waals surface area (Å²) in [4.78, 5) is 24.7. The van der Waals surface area contributed by atoms with Crippen LogP contribution in [0.25, 0.3) is 0 Å². The number of hydrogen-bond donors (Lipinski definition) is 2. The minimum absolute atomic E-state index is 0.0816. The number of aliphatic carboxylic acids is 1. The van der Waals surface area contributed by atoms with Crippen LogP contribution in [0.4, 0.5) is 0 Å². The second-order valence-electron chi connectivity index (χ2n) is 4.29. The van der Waals surface area contributed by atoms with Gasteiger partial charge in [0.1, 0.15) is 6.04 Å². The van der Waals surface area contributed by atoms with Gasteiger partial charge in [0, 0.05) is 6.54 Å². The van der Waals surface area contributed by atoms with Crippen LogP contribution in [0.15, 0.2) is 0 Å². The van der Waals surface area contributed by atoms with Crippen molar-refractivity contribution < 1.29 is 14.7 Å². The van der Waals surface area contributed by atoms with Crippen molar-refractivity contribution in [1.82, 2.24) is 25.5 Å². The van der Waals surface area contributed by atoms with Crippen LogP contribution in [-0.2, 0) is 4.79 Å². The zero-order chi connectivity index (χ0) is 13.0. The highest BCUT2D eigenvalue weighted by molar-refractivity contribution is 5.93. The largest absolute Gasteiger partial charge is 0.480 e. The Morgan fingerprint density at radius 1 is 1.28 bits per heavy atom. The van der Waals surface area contributed by atoms with Gasteiger partial charge in [-0.05, 0) is 18.1 Å². The van der Waals surface area contributed by atoms with Gasteiger partial charge in [-0.25, -0.2) is 4.79 Å². The third-order valence-corrected chi connectivity index (χ3v) is 3.09. The molecule has 1 aliphatic heterocycles. The number of carbonyl (C=O) groups is 2. The molecule has 0 aliphatic carbocycles. The quantitative estimate of drug-likeness (QED) is 0.770. The number of hydrogen-bond acceptors (Lipinski definition) is 5. The molecule has 2 rings (SSSR count). The van der Waals surface area contributed by atoms with Gasteiger partial charge >= 0.3 is 5.97 Å². The van der Waals surface area contributed by atoms with Gasteiger partial charge in [0.25, 0.3) is 11.7 Å². The molecule has 1 fully saturated rings. The number of tetrazole rings is 1. The molecular weight excluding hydrogens is 238 g/mol. The van der Waals surface area contributed by atoms with E-state index in [1.807, 2.05) is 0 Å². The van der Waals surface area contributed by atoms with Crippen molar-refractivity contribution in [2.45, 2.75) is 38.1 Å². The summed E-state index contributed by atoms with van der Waals surface area (Å²) in [6, 6.07) is -0.795. The van der Waals surface area contributed by atoms with Crippen molar-refractivity contribution in [3.63, 3.8) is 0 Å². The van der Waals surface area contributed by atoms with Gasteiger partial charge in [-0.2, -0.15) is 5.21 Å². The van der Waals surface area contributed by atoms with Crippen molar-refractivity contribution in [1.29, 1.82) is 0 Å². The lowest BCUT2D eigenvalue weighted by Gasteiger charge is -2.29. The number of aromatic amines is 1. The highest BCUT2D eigenvalue weighted by atomic mass is 16.4. The minimum Gasteiger partial charge on any atom is -0.480 e. The summed E-state index contributed by atoms with van der Waals surface area (Å²) in [7, 11) is 0. The van der Waals surface area contributed by atoms with E-state index in [1.54, 1.807) is 0 Å². The maximum atomic E-state index is 12.1. The third kappa shape index (κ3) is 2.63. The van der Waals surface area contributed by atoms with Crippen LogP contribution in [0, 0.1) is 0 Å². The van der Waals surface area contributed by atoms with Gasteiger partial charge in [-0.3, -0.25) is 4.79 Å². The summed E-state index contributed by atoms with van der Waals surface area (Å²) in [6.07, 6.45) is 4.09. The molecule has 1 aromatic rings. The second kappa shape index (κ2) is 5.56. The Balaban J connectivity index is 2.18. The molecule has 1 saturated heterocycles.